The second-order valence-corrected chi connectivity index (χ2v) is 8.90. The van der Waals surface area contributed by atoms with E-state index in [1.54, 1.807) is 19.2 Å². The van der Waals surface area contributed by atoms with Gasteiger partial charge in [0.25, 0.3) is 0 Å². The van der Waals surface area contributed by atoms with Crippen molar-refractivity contribution in [3.63, 3.8) is 0 Å². The molecule has 0 heterocycles. The highest BCUT2D eigenvalue weighted by atomic mass is 32.2. The Labute approximate surface area is 176 Å². The van der Waals surface area contributed by atoms with Crippen molar-refractivity contribution >= 4 is 21.5 Å². The number of carboxylic acids is 1. The Morgan fingerprint density at radius 2 is 1.77 bits per heavy atom. The van der Waals surface area contributed by atoms with Crippen LogP contribution in [0.1, 0.15) is 11.1 Å². The van der Waals surface area contributed by atoms with Crippen LogP contribution in [0.4, 0.5) is 5.69 Å². The van der Waals surface area contributed by atoms with E-state index in [9.17, 15) is 13.2 Å². The first kappa shape index (κ1) is 21.4. The molecule has 0 aromatic heterocycles. The fraction of sp³-hybridized carbons (Fsp3) is 0.174. The molecule has 3 aromatic rings. The molecule has 156 valence electrons. The second kappa shape index (κ2) is 9.00. The number of carbonyl (C=O) groups is 1. The number of anilines is 1. The fourth-order valence-electron chi connectivity index (χ4n) is 3.17. The summed E-state index contributed by atoms with van der Waals surface area (Å²) in [5.74, 6) is -1.47. The highest BCUT2D eigenvalue weighted by molar-refractivity contribution is 7.92. The molecule has 30 heavy (non-hydrogen) atoms. The number of hydrogen-bond donors (Lipinski definition) is 2. The highest BCUT2D eigenvalue weighted by Gasteiger charge is 2.18. The van der Waals surface area contributed by atoms with E-state index in [0.29, 0.717) is 6.54 Å². The number of nitrogens with one attached hydrogen (secondary N) is 1. The second-order valence-electron chi connectivity index (χ2n) is 6.91. The topological polar surface area (TPSA) is 92.7 Å². The first-order chi connectivity index (χ1) is 14.3. The molecule has 0 unspecified atom stereocenters. The van der Waals surface area contributed by atoms with Crippen LogP contribution in [-0.2, 0) is 21.2 Å². The summed E-state index contributed by atoms with van der Waals surface area (Å²) < 4.78 is 29.2. The van der Waals surface area contributed by atoms with Crippen molar-refractivity contribution in [3.05, 3.63) is 77.9 Å². The van der Waals surface area contributed by atoms with Crippen LogP contribution in [0.5, 0.6) is 5.75 Å². The molecule has 6 nitrogen and oxygen atoms in total. The Balaban J connectivity index is 1.71. The lowest BCUT2D eigenvalue weighted by Crippen LogP contribution is -2.15. The maximum atomic E-state index is 12.0. The molecular weight excluding hydrogens is 402 g/mol. The van der Waals surface area contributed by atoms with Gasteiger partial charge in [0.2, 0.25) is 0 Å². The molecule has 0 bridgehead atoms. The van der Waals surface area contributed by atoms with E-state index >= 15 is 0 Å². The van der Waals surface area contributed by atoms with E-state index in [2.05, 4.69) is 17.4 Å². The van der Waals surface area contributed by atoms with Gasteiger partial charge in [0, 0.05) is 12.2 Å². The molecule has 0 aliphatic carbocycles. The number of sulfone groups is 1. The van der Waals surface area contributed by atoms with Gasteiger partial charge in [0.15, 0.2) is 15.6 Å². The number of aryl methyl sites for hydroxylation is 1. The Hall–Kier alpha value is -3.32. The van der Waals surface area contributed by atoms with Gasteiger partial charge in [-0.2, -0.15) is 0 Å². The standard InChI is InChI=1S/C23H23NO5S/c1-16-12-20(29-2)8-11-22(16)18-5-3-4-17(13-18)14-24-19-6-9-21(10-7-19)30(27,28)15-23(25)26/h3-13,24H,14-15H2,1-2H3,(H,25,26). The number of ether oxygens (including phenoxy) is 1. The van der Waals surface area contributed by atoms with Crippen LogP contribution in [0.2, 0.25) is 0 Å². The summed E-state index contributed by atoms with van der Waals surface area (Å²) in [6.45, 7) is 2.60. The van der Waals surface area contributed by atoms with Crippen molar-refractivity contribution in [1.29, 1.82) is 0 Å². The van der Waals surface area contributed by atoms with Crippen molar-refractivity contribution in [2.75, 3.05) is 18.2 Å². The maximum absolute atomic E-state index is 12.0. The molecular formula is C23H23NO5S. The SMILES string of the molecule is COc1ccc(-c2cccc(CNc3ccc(S(=O)(=O)CC(=O)O)cc3)c2)c(C)c1. The van der Waals surface area contributed by atoms with Crippen molar-refractivity contribution in [1.82, 2.24) is 0 Å². The van der Waals surface area contributed by atoms with Crippen LogP contribution in [0, 0.1) is 6.92 Å². The quantitative estimate of drug-likeness (QED) is 0.563. The lowest BCUT2D eigenvalue weighted by Gasteiger charge is -2.11. The first-order valence-electron chi connectivity index (χ1n) is 9.31. The van der Waals surface area contributed by atoms with Crippen LogP contribution in [-0.4, -0.2) is 32.4 Å². The molecule has 0 spiro atoms. The minimum absolute atomic E-state index is 0.00701. The number of aliphatic carboxylic acids is 1. The highest BCUT2D eigenvalue weighted by Crippen LogP contribution is 2.27. The van der Waals surface area contributed by atoms with E-state index in [4.69, 9.17) is 9.84 Å². The van der Waals surface area contributed by atoms with Crippen LogP contribution < -0.4 is 10.1 Å². The zero-order valence-corrected chi connectivity index (χ0v) is 17.6. The normalized spacial score (nSPS) is 11.1. The summed E-state index contributed by atoms with van der Waals surface area (Å²) in [4.78, 5) is 10.7. The summed E-state index contributed by atoms with van der Waals surface area (Å²) in [6, 6.07) is 20.2. The zero-order chi connectivity index (χ0) is 21.7. The molecule has 0 radical (unpaired) electrons. The predicted octanol–water partition coefficient (Wildman–Crippen LogP) is 4.14. The molecule has 2 N–H and O–H groups in total. The van der Waals surface area contributed by atoms with Crippen LogP contribution in [0.25, 0.3) is 11.1 Å². The van der Waals surface area contributed by atoms with Gasteiger partial charge < -0.3 is 15.2 Å². The molecule has 3 rings (SSSR count). The molecule has 0 aliphatic heterocycles. The Bertz CT molecular complexity index is 1150. The van der Waals surface area contributed by atoms with E-state index in [1.165, 1.54) is 12.1 Å². The third-order valence-corrected chi connectivity index (χ3v) is 6.31. The number of hydrogen-bond acceptors (Lipinski definition) is 5. The van der Waals surface area contributed by atoms with Gasteiger partial charge in [-0.15, -0.1) is 0 Å². The smallest absolute Gasteiger partial charge is 0.319 e. The van der Waals surface area contributed by atoms with Crippen molar-refractivity contribution in [2.45, 2.75) is 18.4 Å². The summed E-state index contributed by atoms with van der Waals surface area (Å²) in [5, 5.41) is 12.0. The van der Waals surface area contributed by atoms with Gasteiger partial charge in [-0.3, -0.25) is 4.79 Å². The van der Waals surface area contributed by atoms with Crippen molar-refractivity contribution in [3.8, 4) is 16.9 Å². The Kier molecular flexibility index (Phi) is 6.42. The fourth-order valence-corrected chi connectivity index (χ4v) is 4.21. The Morgan fingerprint density at radius 1 is 1.03 bits per heavy atom. The zero-order valence-electron chi connectivity index (χ0n) is 16.8. The minimum atomic E-state index is -3.83. The minimum Gasteiger partial charge on any atom is -0.497 e. The monoisotopic (exact) mass is 425 g/mol. The molecule has 0 atom stereocenters. The van der Waals surface area contributed by atoms with Crippen molar-refractivity contribution in [2.24, 2.45) is 0 Å². The average Bonchev–Trinajstić information content (AvgIpc) is 2.71. The summed E-state index contributed by atoms with van der Waals surface area (Å²) in [7, 11) is -2.18. The van der Waals surface area contributed by atoms with Gasteiger partial charge in [-0.1, -0.05) is 24.3 Å². The lowest BCUT2D eigenvalue weighted by molar-refractivity contribution is -0.134. The van der Waals surface area contributed by atoms with Crippen molar-refractivity contribution < 1.29 is 23.1 Å². The van der Waals surface area contributed by atoms with E-state index in [-0.39, 0.29) is 4.90 Å². The largest absolute Gasteiger partial charge is 0.497 e. The molecule has 0 amide bonds. The predicted molar refractivity (Wildman–Crippen MR) is 117 cm³/mol. The van der Waals surface area contributed by atoms with Gasteiger partial charge >= 0.3 is 5.97 Å². The number of benzene rings is 3. The average molecular weight is 426 g/mol. The van der Waals surface area contributed by atoms with Gasteiger partial charge in [0.1, 0.15) is 5.75 Å². The molecule has 7 heteroatoms. The van der Waals surface area contributed by atoms with Gasteiger partial charge in [-0.25, -0.2) is 8.42 Å². The van der Waals surface area contributed by atoms with Crippen LogP contribution in [0.15, 0.2) is 71.6 Å². The number of methoxy groups -OCH3 is 1. The van der Waals surface area contributed by atoms with Crippen LogP contribution >= 0.6 is 0 Å². The van der Waals surface area contributed by atoms with E-state index in [0.717, 1.165) is 33.7 Å². The van der Waals surface area contributed by atoms with Gasteiger partial charge in [-0.05, 0) is 71.6 Å². The molecule has 0 saturated carbocycles. The lowest BCUT2D eigenvalue weighted by atomic mass is 9.98. The third-order valence-electron chi connectivity index (χ3n) is 4.70. The molecule has 0 fully saturated rings. The maximum Gasteiger partial charge on any atom is 0.319 e. The molecule has 0 aliphatic rings. The third kappa shape index (κ3) is 5.18. The number of carboxylic acid groups (broad SMARTS) is 1. The summed E-state index contributed by atoms with van der Waals surface area (Å²) >= 11 is 0. The summed E-state index contributed by atoms with van der Waals surface area (Å²) in [6.07, 6.45) is 0. The number of rotatable bonds is 8. The van der Waals surface area contributed by atoms with E-state index in [1.807, 2.05) is 37.3 Å². The van der Waals surface area contributed by atoms with E-state index < -0.39 is 21.6 Å². The van der Waals surface area contributed by atoms with Gasteiger partial charge in [0.05, 0.1) is 12.0 Å². The summed E-state index contributed by atoms with van der Waals surface area (Å²) in [5.41, 5.74) is 5.17. The Morgan fingerprint density at radius 3 is 2.40 bits per heavy atom. The first-order valence-corrected chi connectivity index (χ1v) is 11.0. The molecule has 0 saturated heterocycles. The van der Waals surface area contributed by atoms with Crippen LogP contribution in [0.3, 0.4) is 0 Å². The molecule has 3 aromatic carbocycles.